The summed E-state index contributed by atoms with van der Waals surface area (Å²) in [5.74, 6) is -0.368. The van der Waals surface area contributed by atoms with Crippen molar-refractivity contribution in [2.24, 2.45) is 11.3 Å². The quantitative estimate of drug-likeness (QED) is 0.833. The van der Waals surface area contributed by atoms with Crippen LogP contribution in [0.2, 0.25) is 0 Å². The molecule has 0 saturated heterocycles. The average Bonchev–Trinajstić information content (AvgIpc) is 2.63. The van der Waals surface area contributed by atoms with Crippen molar-refractivity contribution in [1.82, 2.24) is 4.98 Å². The maximum atomic E-state index is 10.7. The largest absolute Gasteiger partial charge is 0.477 e. The number of nitrogens with zero attached hydrogens (tertiary/aromatic N) is 1. The van der Waals surface area contributed by atoms with Crippen molar-refractivity contribution >= 4 is 22.4 Å². The minimum atomic E-state index is -0.923. The molecule has 0 radical (unpaired) electrons. The van der Waals surface area contributed by atoms with Gasteiger partial charge >= 0.3 is 5.97 Å². The van der Waals surface area contributed by atoms with Gasteiger partial charge in [0.25, 0.3) is 0 Å². The molecule has 1 heterocycles. The van der Waals surface area contributed by atoms with Gasteiger partial charge in [0, 0.05) is 6.54 Å². The Balaban J connectivity index is 2.58. The van der Waals surface area contributed by atoms with Gasteiger partial charge in [0.2, 0.25) is 0 Å². The second-order valence-corrected chi connectivity index (χ2v) is 5.86. The van der Waals surface area contributed by atoms with Crippen LogP contribution in [-0.2, 0) is 0 Å². The SMILES string of the molecule is CC(C)C(C)(C)CNc1ncc(C(=O)O)s1. The number of anilines is 1. The van der Waals surface area contributed by atoms with Gasteiger partial charge in [-0.05, 0) is 11.3 Å². The summed E-state index contributed by atoms with van der Waals surface area (Å²) in [5.41, 5.74) is 0.162. The number of aromatic carboxylic acids is 1. The van der Waals surface area contributed by atoms with Crippen LogP contribution in [0.1, 0.15) is 37.4 Å². The van der Waals surface area contributed by atoms with E-state index in [0.717, 1.165) is 6.54 Å². The molecule has 5 heteroatoms. The van der Waals surface area contributed by atoms with E-state index in [0.29, 0.717) is 11.0 Å². The van der Waals surface area contributed by atoms with E-state index in [4.69, 9.17) is 5.11 Å². The smallest absolute Gasteiger partial charge is 0.347 e. The molecule has 0 spiro atoms. The standard InChI is InChI=1S/C11H18N2O2S/c1-7(2)11(3,4)6-13-10-12-5-8(16-10)9(14)15/h5,7H,6H2,1-4H3,(H,12,13)(H,14,15). The van der Waals surface area contributed by atoms with Crippen LogP contribution in [0.25, 0.3) is 0 Å². The molecule has 0 aliphatic carbocycles. The van der Waals surface area contributed by atoms with Crippen LogP contribution < -0.4 is 5.32 Å². The van der Waals surface area contributed by atoms with E-state index in [1.807, 2.05) is 0 Å². The first-order valence-electron chi connectivity index (χ1n) is 5.26. The maximum Gasteiger partial charge on any atom is 0.347 e. The molecule has 0 amide bonds. The molecule has 16 heavy (non-hydrogen) atoms. The van der Waals surface area contributed by atoms with Gasteiger partial charge in [-0.2, -0.15) is 0 Å². The fourth-order valence-electron chi connectivity index (χ4n) is 0.962. The summed E-state index contributed by atoms with van der Waals surface area (Å²) >= 11 is 1.17. The normalized spacial score (nSPS) is 11.8. The van der Waals surface area contributed by atoms with E-state index in [-0.39, 0.29) is 10.3 Å². The van der Waals surface area contributed by atoms with Gasteiger partial charge in [0.1, 0.15) is 4.88 Å². The maximum absolute atomic E-state index is 10.7. The minimum Gasteiger partial charge on any atom is -0.477 e. The highest BCUT2D eigenvalue weighted by atomic mass is 32.1. The first kappa shape index (κ1) is 13.0. The number of hydrogen-bond acceptors (Lipinski definition) is 4. The molecule has 0 aliphatic heterocycles. The van der Waals surface area contributed by atoms with E-state index in [2.05, 4.69) is 38.0 Å². The lowest BCUT2D eigenvalue weighted by Crippen LogP contribution is -2.28. The number of rotatable bonds is 5. The summed E-state index contributed by atoms with van der Waals surface area (Å²) in [5, 5.41) is 12.6. The minimum absolute atomic E-state index is 0.162. The molecular weight excluding hydrogens is 224 g/mol. The Morgan fingerprint density at radius 3 is 2.69 bits per heavy atom. The zero-order valence-electron chi connectivity index (χ0n) is 10.1. The molecule has 1 aromatic rings. The van der Waals surface area contributed by atoms with E-state index >= 15 is 0 Å². The molecule has 2 N–H and O–H groups in total. The van der Waals surface area contributed by atoms with Crippen LogP contribution in [0.4, 0.5) is 5.13 Å². The zero-order chi connectivity index (χ0) is 12.3. The van der Waals surface area contributed by atoms with Crippen molar-refractivity contribution in [3.63, 3.8) is 0 Å². The third-order valence-corrected chi connectivity index (χ3v) is 3.92. The average molecular weight is 242 g/mol. The molecule has 4 nitrogen and oxygen atoms in total. The van der Waals surface area contributed by atoms with Crippen LogP contribution in [0.15, 0.2) is 6.20 Å². The first-order chi connectivity index (χ1) is 7.33. The number of nitrogens with one attached hydrogen (secondary N) is 1. The molecule has 1 rings (SSSR count). The highest BCUT2D eigenvalue weighted by Crippen LogP contribution is 2.27. The van der Waals surface area contributed by atoms with E-state index in [1.54, 1.807) is 0 Å². The lowest BCUT2D eigenvalue weighted by Gasteiger charge is -2.29. The Morgan fingerprint density at radius 1 is 1.62 bits per heavy atom. The van der Waals surface area contributed by atoms with Crippen molar-refractivity contribution < 1.29 is 9.90 Å². The van der Waals surface area contributed by atoms with Gasteiger partial charge in [-0.25, -0.2) is 9.78 Å². The summed E-state index contributed by atoms with van der Waals surface area (Å²) in [6.07, 6.45) is 1.39. The van der Waals surface area contributed by atoms with Crippen LogP contribution in [-0.4, -0.2) is 22.6 Å². The monoisotopic (exact) mass is 242 g/mol. The van der Waals surface area contributed by atoms with Crippen molar-refractivity contribution in [2.45, 2.75) is 27.7 Å². The Bertz CT molecular complexity index is 372. The second-order valence-electron chi connectivity index (χ2n) is 4.83. The number of carboxylic acid groups (broad SMARTS) is 1. The van der Waals surface area contributed by atoms with E-state index < -0.39 is 5.97 Å². The summed E-state index contributed by atoms with van der Waals surface area (Å²) in [6.45, 7) is 9.49. The van der Waals surface area contributed by atoms with Crippen LogP contribution in [0.5, 0.6) is 0 Å². The van der Waals surface area contributed by atoms with Gasteiger partial charge in [0.15, 0.2) is 5.13 Å². The van der Waals surface area contributed by atoms with Gasteiger partial charge < -0.3 is 10.4 Å². The van der Waals surface area contributed by atoms with Crippen molar-refractivity contribution in [1.29, 1.82) is 0 Å². The molecule has 0 unspecified atom stereocenters. The predicted molar refractivity (Wildman–Crippen MR) is 66.2 cm³/mol. The molecule has 0 aromatic carbocycles. The first-order valence-corrected chi connectivity index (χ1v) is 6.07. The van der Waals surface area contributed by atoms with Crippen molar-refractivity contribution in [3.05, 3.63) is 11.1 Å². The fraction of sp³-hybridized carbons (Fsp3) is 0.636. The number of carboxylic acids is 1. The summed E-state index contributed by atoms with van der Waals surface area (Å²) in [6, 6.07) is 0. The topological polar surface area (TPSA) is 62.2 Å². The Kier molecular flexibility index (Phi) is 3.91. The summed E-state index contributed by atoms with van der Waals surface area (Å²) in [4.78, 5) is 15.0. The van der Waals surface area contributed by atoms with Crippen molar-refractivity contribution in [3.8, 4) is 0 Å². The van der Waals surface area contributed by atoms with E-state index in [9.17, 15) is 4.79 Å². The Labute approximate surface area is 99.7 Å². The second kappa shape index (κ2) is 4.82. The highest BCUT2D eigenvalue weighted by Gasteiger charge is 2.22. The molecule has 0 atom stereocenters. The van der Waals surface area contributed by atoms with Crippen molar-refractivity contribution in [2.75, 3.05) is 11.9 Å². The summed E-state index contributed by atoms with van der Waals surface area (Å²) in [7, 11) is 0. The molecule has 0 saturated carbocycles. The highest BCUT2D eigenvalue weighted by molar-refractivity contribution is 7.17. The predicted octanol–water partition coefficient (Wildman–Crippen LogP) is 2.94. The molecule has 0 bridgehead atoms. The van der Waals surface area contributed by atoms with Gasteiger partial charge in [-0.1, -0.05) is 39.0 Å². The fourth-order valence-corrected chi connectivity index (χ4v) is 1.61. The van der Waals surface area contributed by atoms with Gasteiger partial charge in [0.05, 0.1) is 6.20 Å². The Morgan fingerprint density at radius 2 is 2.25 bits per heavy atom. The third-order valence-electron chi connectivity index (χ3n) is 2.97. The number of hydrogen-bond donors (Lipinski definition) is 2. The molecule has 1 aromatic heterocycles. The van der Waals surface area contributed by atoms with Crippen LogP contribution in [0.3, 0.4) is 0 Å². The zero-order valence-corrected chi connectivity index (χ0v) is 10.9. The lowest BCUT2D eigenvalue weighted by atomic mass is 9.81. The van der Waals surface area contributed by atoms with Gasteiger partial charge in [-0.15, -0.1) is 0 Å². The third kappa shape index (κ3) is 3.20. The number of aromatic nitrogens is 1. The number of thiazole rings is 1. The molecule has 90 valence electrons. The number of carbonyl (C=O) groups is 1. The molecule has 0 aliphatic rings. The lowest BCUT2D eigenvalue weighted by molar-refractivity contribution is 0.0702. The van der Waals surface area contributed by atoms with Crippen LogP contribution >= 0.6 is 11.3 Å². The Hall–Kier alpha value is -1.10. The van der Waals surface area contributed by atoms with Crippen LogP contribution in [0, 0.1) is 11.3 Å². The summed E-state index contributed by atoms with van der Waals surface area (Å²) < 4.78 is 0. The molecular formula is C11H18N2O2S. The van der Waals surface area contributed by atoms with Gasteiger partial charge in [-0.3, -0.25) is 0 Å². The van der Waals surface area contributed by atoms with E-state index in [1.165, 1.54) is 17.5 Å². The molecule has 0 fully saturated rings.